The third-order valence-corrected chi connectivity index (χ3v) is 4.05. The van der Waals surface area contributed by atoms with Crippen LogP contribution in [0.1, 0.15) is 31.4 Å². The molecule has 4 nitrogen and oxygen atoms in total. The van der Waals surface area contributed by atoms with Gasteiger partial charge in [0.25, 0.3) is 0 Å². The lowest BCUT2D eigenvalue weighted by molar-refractivity contribution is -0.137. The zero-order valence-corrected chi connectivity index (χ0v) is 11.3. The first kappa shape index (κ1) is 13.1. The number of nitrogens with zero attached hydrogens (tertiary/aromatic N) is 1. The van der Waals surface area contributed by atoms with E-state index in [-0.39, 0.29) is 5.91 Å². The molecule has 0 unspecified atom stereocenters. The monoisotopic (exact) mass is 266 g/mol. The molecular weight excluding hydrogens is 248 g/mol. The molecule has 0 bridgehead atoms. The van der Waals surface area contributed by atoms with E-state index in [1.165, 1.54) is 0 Å². The highest BCUT2D eigenvalue weighted by molar-refractivity contribution is 7.80. The van der Waals surface area contributed by atoms with E-state index in [4.69, 9.17) is 22.4 Å². The van der Waals surface area contributed by atoms with Gasteiger partial charge < -0.3 is 15.1 Å². The molecule has 0 spiro atoms. The number of hydrogen-bond donors (Lipinski definition) is 1. The fourth-order valence-corrected chi connectivity index (χ4v) is 2.91. The lowest BCUT2D eigenvalue weighted by atomic mass is 9.84. The Hall–Kier alpha value is -1.36. The van der Waals surface area contributed by atoms with Gasteiger partial charge in [-0.1, -0.05) is 25.1 Å². The zero-order valence-electron chi connectivity index (χ0n) is 10.5. The van der Waals surface area contributed by atoms with Gasteiger partial charge in [-0.25, -0.2) is 0 Å². The number of rotatable bonds is 4. The average molecular weight is 266 g/mol. The molecule has 2 rings (SSSR count). The molecule has 1 amide bonds. The molecule has 0 radical (unpaired) electrons. The van der Waals surface area contributed by atoms with Gasteiger partial charge >= 0.3 is 0 Å². The topological polar surface area (TPSA) is 59.5 Å². The molecule has 98 valence electrons. The second kappa shape index (κ2) is 5.10. The number of furan rings is 1. The summed E-state index contributed by atoms with van der Waals surface area (Å²) in [6.07, 6.45) is 5.16. The van der Waals surface area contributed by atoms with Gasteiger partial charge in [0.15, 0.2) is 0 Å². The largest absolute Gasteiger partial charge is 0.467 e. The fourth-order valence-electron chi connectivity index (χ4n) is 2.62. The molecule has 1 fully saturated rings. The third-order valence-electron chi connectivity index (χ3n) is 3.66. The van der Waals surface area contributed by atoms with Crippen molar-refractivity contribution in [2.75, 3.05) is 7.05 Å². The SMILES string of the molecule is CN(Cc1ccco1)C(=O)C1(C(N)=S)CCCC1. The minimum atomic E-state index is -0.628. The maximum Gasteiger partial charge on any atom is 0.235 e. The van der Waals surface area contributed by atoms with Crippen LogP contribution >= 0.6 is 12.2 Å². The van der Waals surface area contributed by atoms with Gasteiger partial charge in [-0.3, -0.25) is 4.79 Å². The minimum absolute atomic E-state index is 0.0175. The smallest absolute Gasteiger partial charge is 0.235 e. The van der Waals surface area contributed by atoms with E-state index in [2.05, 4.69) is 0 Å². The van der Waals surface area contributed by atoms with Gasteiger partial charge in [-0.15, -0.1) is 0 Å². The maximum absolute atomic E-state index is 12.6. The van der Waals surface area contributed by atoms with Crippen LogP contribution in [0, 0.1) is 5.41 Å². The van der Waals surface area contributed by atoms with Crippen molar-refractivity contribution in [3.8, 4) is 0 Å². The molecule has 1 aromatic rings. The lowest BCUT2D eigenvalue weighted by Gasteiger charge is -2.31. The van der Waals surface area contributed by atoms with Crippen LogP contribution in [0.3, 0.4) is 0 Å². The van der Waals surface area contributed by atoms with Crippen LogP contribution < -0.4 is 5.73 Å². The van der Waals surface area contributed by atoms with Crippen molar-refractivity contribution in [2.45, 2.75) is 32.2 Å². The molecule has 1 saturated carbocycles. The van der Waals surface area contributed by atoms with Crippen LogP contribution in [0.25, 0.3) is 0 Å². The Balaban J connectivity index is 2.11. The highest BCUT2D eigenvalue weighted by Crippen LogP contribution is 2.40. The van der Waals surface area contributed by atoms with Crippen LogP contribution in [0.5, 0.6) is 0 Å². The summed E-state index contributed by atoms with van der Waals surface area (Å²) in [5.41, 5.74) is 5.18. The second-order valence-corrected chi connectivity index (χ2v) is 5.33. The summed E-state index contributed by atoms with van der Waals surface area (Å²) in [6.45, 7) is 0.455. The van der Waals surface area contributed by atoms with Crippen molar-refractivity contribution < 1.29 is 9.21 Å². The predicted octanol–water partition coefficient (Wildman–Crippen LogP) is 2.08. The number of nitrogens with two attached hydrogens (primary N) is 1. The van der Waals surface area contributed by atoms with Crippen LogP contribution in [0.2, 0.25) is 0 Å². The van der Waals surface area contributed by atoms with Crippen molar-refractivity contribution in [3.05, 3.63) is 24.2 Å². The standard InChI is InChI=1S/C13H18N2O2S/c1-15(9-10-5-4-8-17-10)12(16)13(11(14)18)6-2-3-7-13/h4-5,8H,2-3,6-7,9H2,1H3,(H2,14,18). The van der Waals surface area contributed by atoms with E-state index >= 15 is 0 Å². The number of carbonyl (C=O) groups is 1. The van der Waals surface area contributed by atoms with E-state index in [1.807, 2.05) is 12.1 Å². The van der Waals surface area contributed by atoms with E-state index in [1.54, 1.807) is 18.2 Å². The molecule has 1 heterocycles. The van der Waals surface area contributed by atoms with Gasteiger partial charge in [0.05, 0.1) is 23.2 Å². The zero-order chi connectivity index (χ0) is 13.2. The van der Waals surface area contributed by atoms with Gasteiger partial charge in [-0.2, -0.15) is 0 Å². The summed E-state index contributed by atoms with van der Waals surface area (Å²) >= 11 is 5.12. The van der Waals surface area contributed by atoms with E-state index < -0.39 is 5.41 Å². The Morgan fingerprint density at radius 3 is 2.72 bits per heavy atom. The fraction of sp³-hybridized carbons (Fsp3) is 0.538. The lowest BCUT2D eigenvalue weighted by Crippen LogP contribution is -2.47. The molecule has 5 heteroatoms. The molecule has 0 atom stereocenters. The Bertz CT molecular complexity index is 436. The predicted molar refractivity (Wildman–Crippen MR) is 72.9 cm³/mol. The molecular formula is C13H18N2O2S. The Morgan fingerprint density at radius 1 is 1.56 bits per heavy atom. The van der Waals surface area contributed by atoms with Gasteiger partial charge in [0.1, 0.15) is 5.76 Å². The summed E-state index contributed by atoms with van der Waals surface area (Å²) in [6, 6.07) is 3.67. The Morgan fingerprint density at radius 2 is 2.22 bits per heavy atom. The quantitative estimate of drug-likeness (QED) is 0.848. The van der Waals surface area contributed by atoms with Gasteiger partial charge in [0.2, 0.25) is 5.91 Å². The number of amides is 1. The van der Waals surface area contributed by atoms with Crippen LogP contribution in [0.4, 0.5) is 0 Å². The highest BCUT2D eigenvalue weighted by Gasteiger charge is 2.45. The highest BCUT2D eigenvalue weighted by atomic mass is 32.1. The second-order valence-electron chi connectivity index (χ2n) is 4.89. The maximum atomic E-state index is 12.6. The normalized spacial score (nSPS) is 17.6. The van der Waals surface area contributed by atoms with Crippen LogP contribution in [-0.4, -0.2) is 22.8 Å². The first-order chi connectivity index (χ1) is 8.56. The molecule has 0 aliphatic heterocycles. The third kappa shape index (κ3) is 2.27. The number of carbonyl (C=O) groups excluding carboxylic acids is 1. The van der Waals surface area contributed by atoms with Crippen molar-refractivity contribution in [3.63, 3.8) is 0 Å². The molecule has 1 aromatic heterocycles. The summed E-state index contributed by atoms with van der Waals surface area (Å²) in [7, 11) is 1.77. The first-order valence-corrected chi connectivity index (χ1v) is 6.55. The number of thiocarbonyl (C=S) groups is 1. The summed E-state index contributed by atoms with van der Waals surface area (Å²) in [5, 5.41) is 0. The summed E-state index contributed by atoms with van der Waals surface area (Å²) < 4.78 is 5.25. The van der Waals surface area contributed by atoms with Crippen LogP contribution in [-0.2, 0) is 11.3 Å². The molecule has 1 aliphatic carbocycles. The summed E-state index contributed by atoms with van der Waals surface area (Å²) in [4.78, 5) is 14.5. The van der Waals surface area contributed by atoms with Gasteiger partial charge in [0, 0.05) is 7.05 Å². The van der Waals surface area contributed by atoms with E-state index in [0.717, 1.165) is 31.4 Å². The van der Waals surface area contributed by atoms with Crippen LogP contribution in [0.15, 0.2) is 22.8 Å². The van der Waals surface area contributed by atoms with E-state index in [9.17, 15) is 4.79 Å². The molecule has 18 heavy (non-hydrogen) atoms. The van der Waals surface area contributed by atoms with Crippen molar-refractivity contribution in [2.24, 2.45) is 11.1 Å². The van der Waals surface area contributed by atoms with Crippen molar-refractivity contribution >= 4 is 23.1 Å². The number of hydrogen-bond acceptors (Lipinski definition) is 3. The van der Waals surface area contributed by atoms with E-state index in [0.29, 0.717) is 11.5 Å². The Labute approximate surface area is 112 Å². The first-order valence-electron chi connectivity index (χ1n) is 6.14. The van der Waals surface area contributed by atoms with Crippen molar-refractivity contribution in [1.82, 2.24) is 4.90 Å². The van der Waals surface area contributed by atoms with Gasteiger partial charge in [-0.05, 0) is 25.0 Å². The Kier molecular flexibility index (Phi) is 3.71. The summed E-state index contributed by atoms with van der Waals surface area (Å²) in [5.74, 6) is 0.783. The van der Waals surface area contributed by atoms with Crippen molar-refractivity contribution in [1.29, 1.82) is 0 Å². The minimum Gasteiger partial charge on any atom is -0.467 e. The molecule has 1 aliphatic rings. The molecule has 0 aromatic carbocycles. The molecule has 2 N–H and O–H groups in total. The average Bonchev–Trinajstić information content (AvgIpc) is 2.98. The molecule has 0 saturated heterocycles.